The first-order valence-corrected chi connectivity index (χ1v) is 12.5. The Morgan fingerprint density at radius 2 is 1.85 bits per heavy atom. The number of unbranched alkanes of at least 4 members (excludes halogenated alkanes) is 1. The van der Waals surface area contributed by atoms with E-state index in [0.717, 1.165) is 5.56 Å². The molecule has 1 saturated heterocycles. The van der Waals surface area contributed by atoms with Crippen LogP contribution in [-0.2, 0) is 23.8 Å². The number of benzene rings is 1. The number of rotatable bonds is 9. The number of carboxylic acid groups (broad SMARTS) is 1. The summed E-state index contributed by atoms with van der Waals surface area (Å²) in [5.74, 6) is -0.280. The smallest absolute Gasteiger partial charge is 0.407 e. The molecule has 8 nitrogen and oxygen atoms in total. The zero-order valence-corrected chi connectivity index (χ0v) is 20.9. The first kappa shape index (κ1) is 26.9. The molecule has 0 bridgehead atoms. The van der Waals surface area contributed by atoms with Crippen molar-refractivity contribution >= 4 is 22.2 Å². The van der Waals surface area contributed by atoms with Crippen LogP contribution in [0.25, 0.3) is 0 Å². The number of ether oxygens (including phenoxy) is 1. The summed E-state index contributed by atoms with van der Waals surface area (Å²) in [6, 6.07) is 6.38. The van der Waals surface area contributed by atoms with Crippen molar-refractivity contribution in [1.29, 1.82) is 0 Å². The number of carbonyl (C=O) groups excluding carboxylic acids is 1. The molecule has 0 aromatic heterocycles. The fourth-order valence-electron chi connectivity index (χ4n) is 4.45. The highest BCUT2D eigenvalue weighted by Crippen LogP contribution is 2.48. The number of aryl methyl sites for hydroxylation is 1. The lowest BCUT2D eigenvalue weighted by Crippen LogP contribution is -2.61. The second-order valence-corrected chi connectivity index (χ2v) is 11.0. The van der Waals surface area contributed by atoms with Crippen LogP contribution in [-0.4, -0.2) is 55.8 Å². The Morgan fingerprint density at radius 3 is 2.39 bits per heavy atom. The predicted octanol–water partition coefficient (Wildman–Crippen LogP) is 4.53. The van der Waals surface area contributed by atoms with Crippen LogP contribution in [0.1, 0.15) is 58.4 Å². The van der Waals surface area contributed by atoms with Gasteiger partial charge >= 0.3 is 12.1 Å². The van der Waals surface area contributed by atoms with E-state index in [1.54, 1.807) is 12.1 Å². The van der Waals surface area contributed by atoms with Crippen LogP contribution < -0.4 is 0 Å². The van der Waals surface area contributed by atoms with Gasteiger partial charge in [0, 0.05) is 13.0 Å². The van der Waals surface area contributed by atoms with Gasteiger partial charge in [-0.1, -0.05) is 50.6 Å². The number of allylic oxidation sites excluding steroid dienone is 1. The second kappa shape index (κ2) is 10.7. The van der Waals surface area contributed by atoms with Gasteiger partial charge in [-0.2, -0.15) is 8.42 Å². The van der Waals surface area contributed by atoms with Crippen molar-refractivity contribution in [3.05, 3.63) is 42.0 Å². The highest BCUT2D eigenvalue weighted by molar-refractivity contribution is 7.86. The molecular formula is C24H35NO7S. The molecule has 0 saturated carbocycles. The number of methoxy groups -OCH3 is 1. The third-order valence-corrected chi connectivity index (χ3v) is 7.62. The molecule has 33 heavy (non-hydrogen) atoms. The average Bonchev–Trinajstić information content (AvgIpc) is 3.09. The van der Waals surface area contributed by atoms with Gasteiger partial charge in [0.25, 0.3) is 10.1 Å². The van der Waals surface area contributed by atoms with E-state index in [1.807, 2.05) is 39.8 Å². The van der Waals surface area contributed by atoms with Crippen molar-refractivity contribution in [3.8, 4) is 0 Å². The molecule has 1 heterocycles. The summed E-state index contributed by atoms with van der Waals surface area (Å²) in [4.78, 5) is 24.8. The molecule has 9 heteroatoms. The molecule has 0 radical (unpaired) electrons. The van der Waals surface area contributed by atoms with Crippen molar-refractivity contribution in [2.75, 3.05) is 13.7 Å². The molecule has 1 aromatic carbocycles. The van der Waals surface area contributed by atoms with E-state index in [0.29, 0.717) is 19.3 Å². The van der Waals surface area contributed by atoms with E-state index in [4.69, 9.17) is 4.18 Å². The molecule has 1 aromatic rings. The van der Waals surface area contributed by atoms with Gasteiger partial charge < -0.3 is 9.84 Å². The van der Waals surface area contributed by atoms with Crippen LogP contribution in [0.5, 0.6) is 0 Å². The van der Waals surface area contributed by atoms with E-state index in [1.165, 1.54) is 24.1 Å². The Bertz CT molecular complexity index is 964. The van der Waals surface area contributed by atoms with Gasteiger partial charge in [-0.25, -0.2) is 4.79 Å². The molecule has 2 atom stereocenters. The maximum absolute atomic E-state index is 13.0. The molecular weight excluding hydrogens is 446 g/mol. The molecule has 184 valence electrons. The molecule has 0 spiro atoms. The Kier molecular flexibility index (Phi) is 8.70. The number of carbonyl (C=O) groups is 2. The van der Waals surface area contributed by atoms with Crippen molar-refractivity contribution in [2.24, 2.45) is 5.41 Å². The largest absolute Gasteiger partial charge is 0.469 e. The van der Waals surface area contributed by atoms with Crippen LogP contribution in [0.2, 0.25) is 0 Å². The van der Waals surface area contributed by atoms with E-state index >= 15 is 0 Å². The average molecular weight is 482 g/mol. The van der Waals surface area contributed by atoms with Gasteiger partial charge in [0.2, 0.25) is 0 Å². The lowest BCUT2D eigenvalue weighted by molar-refractivity contribution is -0.140. The van der Waals surface area contributed by atoms with Gasteiger partial charge in [-0.05, 0) is 50.2 Å². The van der Waals surface area contributed by atoms with Gasteiger partial charge in [0.05, 0.1) is 17.5 Å². The first-order valence-electron chi connectivity index (χ1n) is 11.1. The number of hydrogen-bond donors (Lipinski definition) is 1. The van der Waals surface area contributed by atoms with E-state index < -0.39 is 33.3 Å². The summed E-state index contributed by atoms with van der Waals surface area (Å²) in [6.07, 6.45) is 3.87. The fourth-order valence-corrected chi connectivity index (χ4v) is 5.59. The summed E-state index contributed by atoms with van der Waals surface area (Å²) < 4.78 is 36.5. The molecule has 1 unspecified atom stereocenters. The summed E-state index contributed by atoms with van der Waals surface area (Å²) in [7, 11) is -2.74. The molecule has 1 N–H and O–H groups in total. The van der Waals surface area contributed by atoms with Crippen LogP contribution in [0.3, 0.4) is 0 Å². The molecule has 2 rings (SSSR count). The second-order valence-electron chi connectivity index (χ2n) is 9.39. The minimum atomic E-state index is -4.09. The highest BCUT2D eigenvalue weighted by atomic mass is 32.2. The zero-order chi connectivity index (χ0) is 24.9. The fraction of sp³-hybridized carbons (Fsp3) is 0.583. The number of hydrogen-bond acceptors (Lipinski definition) is 6. The maximum atomic E-state index is 13.0. The molecule has 0 aliphatic carbocycles. The topological polar surface area (TPSA) is 110 Å². The molecule has 1 aliphatic rings. The minimum absolute atomic E-state index is 0.0445. The minimum Gasteiger partial charge on any atom is -0.469 e. The Balaban J connectivity index is 2.32. The number of amides is 1. The van der Waals surface area contributed by atoms with Gasteiger partial charge in [0.1, 0.15) is 6.10 Å². The summed E-state index contributed by atoms with van der Waals surface area (Å²) in [5.41, 5.74) is -0.783. The predicted molar refractivity (Wildman–Crippen MR) is 124 cm³/mol. The molecule has 1 amide bonds. The number of esters is 1. The number of likely N-dealkylation sites (tertiary alicyclic amines) is 1. The summed E-state index contributed by atoms with van der Waals surface area (Å²) in [6.45, 7) is 7.73. The standard InChI is InChI=1S/C24H35NO7S/c1-18-11-13-19(14-12-18)33(29,30)32-20-15-17-25(22(27)28)24(20,23(2,3)4)16-9-7-6-8-10-21(26)31-5/h7,9,11-14,20H,6,8,10,15-17H2,1-5H3,(H,27,28)/t20?,24-/m0/s1. The monoisotopic (exact) mass is 481 g/mol. The summed E-state index contributed by atoms with van der Waals surface area (Å²) >= 11 is 0. The van der Waals surface area contributed by atoms with E-state index in [9.17, 15) is 23.1 Å². The van der Waals surface area contributed by atoms with Crippen molar-refractivity contribution in [1.82, 2.24) is 4.90 Å². The third kappa shape index (κ3) is 6.14. The zero-order valence-electron chi connectivity index (χ0n) is 20.0. The maximum Gasteiger partial charge on any atom is 0.407 e. The normalized spacial score (nSPS) is 21.5. The van der Waals surface area contributed by atoms with Gasteiger partial charge in [0.15, 0.2) is 0 Å². The Hall–Kier alpha value is -2.39. The van der Waals surface area contributed by atoms with E-state index in [2.05, 4.69) is 4.74 Å². The van der Waals surface area contributed by atoms with Gasteiger partial charge in [-0.15, -0.1) is 0 Å². The molecule has 1 aliphatic heterocycles. The van der Waals surface area contributed by atoms with Crippen LogP contribution in [0.15, 0.2) is 41.3 Å². The Morgan fingerprint density at radius 1 is 1.21 bits per heavy atom. The van der Waals surface area contributed by atoms with E-state index in [-0.39, 0.29) is 30.3 Å². The first-order chi connectivity index (χ1) is 15.3. The number of nitrogens with zero attached hydrogens (tertiary/aromatic N) is 1. The van der Waals surface area contributed by atoms with Crippen LogP contribution >= 0.6 is 0 Å². The van der Waals surface area contributed by atoms with Crippen LogP contribution in [0.4, 0.5) is 4.79 Å². The third-order valence-electron chi connectivity index (χ3n) is 6.29. The SMILES string of the molecule is COC(=O)CCCC=CC[C@@]1(C(C)(C)C)C(OS(=O)(=O)c2ccc(C)cc2)CCN1C(=O)O. The van der Waals surface area contributed by atoms with Crippen molar-refractivity contribution in [2.45, 2.75) is 76.3 Å². The quantitative estimate of drug-likeness (QED) is 0.239. The van der Waals surface area contributed by atoms with Gasteiger partial charge in [-0.3, -0.25) is 13.9 Å². The lowest BCUT2D eigenvalue weighted by atomic mass is 9.68. The van der Waals surface area contributed by atoms with Crippen LogP contribution in [0, 0.1) is 12.3 Å². The van der Waals surface area contributed by atoms with Crippen molar-refractivity contribution in [3.63, 3.8) is 0 Å². The Labute approximate surface area is 196 Å². The van der Waals surface area contributed by atoms with Crippen molar-refractivity contribution < 1.29 is 32.0 Å². The lowest BCUT2D eigenvalue weighted by Gasteiger charge is -2.49. The highest BCUT2D eigenvalue weighted by Gasteiger charge is 2.59. The molecule has 1 fully saturated rings. The summed E-state index contributed by atoms with van der Waals surface area (Å²) in [5, 5.41) is 9.95.